The summed E-state index contributed by atoms with van der Waals surface area (Å²) in [5.74, 6) is 0.212. The molecule has 2 rings (SSSR count). The molecule has 2 heterocycles. The fraction of sp³-hybridized carbons (Fsp3) is 0.900. The Labute approximate surface area is 84.6 Å². The van der Waals surface area contributed by atoms with E-state index in [1.165, 1.54) is 0 Å². The predicted octanol–water partition coefficient (Wildman–Crippen LogP) is -0.0127. The minimum Gasteiger partial charge on any atom is -0.379 e. The maximum absolute atomic E-state index is 11.7. The lowest BCUT2D eigenvalue weighted by Crippen LogP contribution is -2.50. The Kier molecular flexibility index (Phi) is 3.37. The number of nitrogens with one attached hydrogen (secondary N) is 1. The summed E-state index contributed by atoms with van der Waals surface area (Å²) >= 11 is 0. The van der Waals surface area contributed by atoms with Gasteiger partial charge in [-0.1, -0.05) is 0 Å². The number of carbonyl (C=O) groups excluding carboxylic acids is 1. The van der Waals surface area contributed by atoms with E-state index in [0.717, 1.165) is 52.1 Å². The second kappa shape index (κ2) is 4.75. The molecule has 1 atom stereocenters. The van der Waals surface area contributed by atoms with Crippen molar-refractivity contribution in [3.63, 3.8) is 0 Å². The molecule has 1 N–H and O–H groups in total. The Morgan fingerprint density at radius 2 is 2.07 bits per heavy atom. The minimum absolute atomic E-state index is 0.0985. The highest BCUT2D eigenvalue weighted by Crippen LogP contribution is 2.13. The van der Waals surface area contributed by atoms with E-state index in [4.69, 9.17) is 4.74 Å². The third-order valence-electron chi connectivity index (χ3n) is 2.99. The molecule has 0 saturated carbocycles. The van der Waals surface area contributed by atoms with E-state index < -0.39 is 0 Å². The highest BCUT2D eigenvalue weighted by atomic mass is 16.5. The van der Waals surface area contributed by atoms with Gasteiger partial charge in [-0.2, -0.15) is 0 Å². The van der Waals surface area contributed by atoms with E-state index >= 15 is 0 Å². The summed E-state index contributed by atoms with van der Waals surface area (Å²) in [4.78, 5) is 14.0. The number of hydrogen-bond donors (Lipinski definition) is 1. The normalized spacial score (nSPS) is 30.9. The summed E-state index contributed by atoms with van der Waals surface area (Å²) in [5.41, 5.74) is 0. The molecular formula is C10H18N2O2. The van der Waals surface area contributed by atoms with Crippen molar-refractivity contribution < 1.29 is 9.53 Å². The molecule has 2 fully saturated rings. The Morgan fingerprint density at radius 3 is 2.86 bits per heavy atom. The zero-order valence-electron chi connectivity index (χ0n) is 8.50. The molecule has 4 heteroatoms. The fourth-order valence-electron chi connectivity index (χ4n) is 2.16. The van der Waals surface area contributed by atoms with Crippen LogP contribution in [0.4, 0.5) is 0 Å². The monoisotopic (exact) mass is 198 g/mol. The van der Waals surface area contributed by atoms with E-state index in [1.54, 1.807) is 0 Å². The summed E-state index contributed by atoms with van der Waals surface area (Å²) in [7, 11) is 0. The lowest BCUT2D eigenvalue weighted by molar-refractivity contribution is -0.127. The number of hydrogen-bond acceptors (Lipinski definition) is 3. The predicted molar refractivity (Wildman–Crippen MR) is 53.0 cm³/mol. The number of ether oxygens (including phenoxy) is 1. The summed E-state index contributed by atoms with van der Waals surface area (Å²) in [5, 5.41) is 2.97. The van der Waals surface area contributed by atoms with Gasteiger partial charge >= 0.3 is 0 Å². The van der Waals surface area contributed by atoms with Crippen LogP contribution < -0.4 is 5.32 Å². The van der Waals surface area contributed by atoms with Crippen LogP contribution in [0.3, 0.4) is 0 Å². The molecule has 0 aromatic carbocycles. The van der Waals surface area contributed by atoms with Gasteiger partial charge in [0.15, 0.2) is 0 Å². The number of morpholine rings is 1. The number of amides is 1. The van der Waals surface area contributed by atoms with Crippen molar-refractivity contribution in [3.05, 3.63) is 0 Å². The molecule has 80 valence electrons. The molecule has 1 unspecified atom stereocenters. The van der Waals surface area contributed by atoms with Crippen molar-refractivity contribution in [2.45, 2.75) is 25.3 Å². The van der Waals surface area contributed by atoms with Gasteiger partial charge < -0.3 is 10.1 Å². The highest BCUT2D eigenvalue weighted by molar-refractivity contribution is 5.81. The van der Waals surface area contributed by atoms with Gasteiger partial charge in [0, 0.05) is 19.6 Å². The first kappa shape index (κ1) is 9.93. The average Bonchev–Trinajstić information content (AvgIpc) is 2.44. The van der Waals surface area contributed by atoms with Crippen LogP contribution in [0.1, 0.15) is 19.3 Å². The Hall–Kier alpha value is -0.610. The number of rotatable bonds is 1. The van der Waals surface area contributed by atoms with Crippen LogP contribution in [0, 0.1) is 0 Å². The molecule has 2 aliphatic rings. The molecule has 0 spiro atoms. The topological polar surface area (TPSA) is 41.6 Å². The van der Waals surface area contributed by atoms with Crippen molar-refractivity contribution in [2.24, 2.45) is 0 Å². The maximum Gasteiger partial charge on any atom is 0.237 e. The van der Waals surface area contributed by atoms with Crippen molar-refractivity contribution in [2.75, 3.05) is 32.8 Å². The maximum atomic E-state index is 11.7. The smallest absolute Gasteiger partial charge is 0.237 e. The third-order valence-corrected chi connectivity index (χ3v) is 2.99. The summed E-state index contributed by atoms with van der Waals surface area (Å²) < 4.78 is 5.28. The first-order valence-electron chi connectivity index (χ1n) is 5.47. The number of nitrogens with zero attached hydrogens (tertiary/aromatic N) is 1. The SMILES string of the molecule is O=C1NCCCCC1N1CCOCC1. The summed E-state index contributed by atoms with van der Waals surface area (Å²) in [6.45, 7) is 4.18. The van der Waals surface area contributed by atoms with E-state index in [9.17, 15) is 4.79 Å². The van der Waals surface area contributed by atoms with Gasteiger partial charge in [-0.25, -0.2) is 0 Å². The molecule has 0 bridgehead atoms. The molecule has 0 aromatic rings. The third kappa shape index (κ3) is 2.25. The Balaban J connectivity index is 1.95. The van der Waals surface area contributed by atoms with Gasteiger partial charge in [0.1, 0.15) is 0 Å². The highest BCUT2D eigenvalue weighted by Gasteiger charge is 2.27. The lowest BCUT2D eigenvalue weighted by atomic mass is 10.1. The summed E-state index contributed by atoms with van der Waals surface area (Å²) in [6.07, 6.45) is 3.28. The zero-order chi connectivity index (χ0) is 9.80. The van der Waals surface area contributed by atoms with Gasteiger partial charge in [-0.3, -0.25) is 9.69 Å². The van der Waals surface area contributed by atoms with Crippen LogP contribution in [-0.2, 0) is 9.53 Å². The molecule has 2 saturated heterocycles. The largest absolute Gasteiger partial charge is 0.379 e. The van der Waals surface area contributed by atoms with Crippen molar-refractivity contribution in [1.29, 1.82) is 0 Å². The quantitative estimate of drug-likeness (QED) is 0.644. The molecule has 0 radical (unpaired) electrons. The van der Waals surface area contributed by atoms with Gasteiger partial charge in [0.2, 0.25) is 5.91 Å². The van der Waals surface area contributed by atoms with Crippen LogP contribution in [0.5, 0.6) is 0 Å². The van der Waals surface area contributed by atoms with Gasteiger partial charge in [-0.15, -0.1) is 0 Å². The number of carbonyl (C=O) groups is 1. The van der Waals surface area contributed by atoms with Crippen LogP contribution in [-0.4, -0.2) is 49.7 Å². The minimum atomic E-state index is 0.0985. The molecule has 0 aromatic heterocycles. The Morgan fingerprint density at radius 1 is 1.29 bits per heavy atom. The van der Waals surface area contributed by atoms with Gasteiger partial charge in [-0.05, 0) is 19.3 Å². The summed E-state index contributed by atoms with van der Waals surface area (Å²) in [6, 6.07) is 0.0985. The first-order chi connectivity index (χ1) is 6.88. The average molecular weight is 198 g/mol. The zero-order valence-corrected chi connectivity index (χ0v) is 8.50. The standard InChI is InChI=1S/C10H18N2O2/c13-10-9(3-1-2-4-11-10)12-5-7-14-8-6-12/h9H,1-8H2,(H,11,13). The van der Waals surface area contributed by atoms with Crippen LogP contribution >= 0.6 is 0 Å². The molecular weight excluding hydrogens is 180 g/mol. The van der Waals surface area contributed by atoms with Gasteiger partial charge in [0.05, 0.1) is 19.3 Å². The lowest BCUT2D eigenvalue weighted by Gasteiger charge is -2.32. The molecule has 4 nitrogen and oxygen atoms in total. The molecule has 2 aliphatic heterocycles. The van der Waals surface area contributed by atoms with E-state index in [-0.39, 0.29) is 11.9 Å². The van der Waals surface area contributed by atoms with E-state index in [2.05, 4.69) is 10.2 Å². The first-order valence-corrected chi connectivity index (χ1v) is 5.47. The second-order valence-electron chi connectivity index (χ2n) is 3.95. The van der Waals surface area contributed by atoms with Crippen LogP contribution in [0.15, 0.2) is 0 Å². The molecule has 0 aliphatic carbocycles. The van der Waals surface area contributed by atoms with Crippen molar-refractivity contribution >= 4 is 5.91 Å². The molecule has 1 amide bonds. The Bertz CT molecular complexity index is 202. The fourth-order valence-corrected chi connectivity index (χ4v) is 2.16. The van der Waals surface area contributed by atoms with E-state index in [0.29, 0.717) is 0 Å². The second-order valence-corrected chi connectivity index (χ2v) is 3.95. The van der Waals surface area contributed by atoms with Crippen molar-refractivity contribution in [1.82, 2.24) is 10.2 Å². The molecule has 14 heavy (non-hydrogen) atoms. The van der Waals surface area contributed by atoms with Crippen molar-refractivity contribution in [3.8, 4) is 0 Å². The van der Waals surface area contributed by atoms with E-state index in [1.807, 2.05) is 0 Å². The van der Waals surface area contributed by atoms with Crippen LogP contribution in [0.2, 0.25) is 0 Å². The van der Waals surface area contributed by atoms with Gasteiger partial charge in [0.25, 0.3) is 0 Å². The van der Waals surface area contributed by atoms with Crippen LogP contribution in [0.25, 0.3) is 0 Å².